The minimum Gasteiger partial charge on any atom is -0.497 e. The molecule has 3 aromatic rings. The number of carbonyl (C=O) groups excluding carboxylic acids is 1. The van der Waals surface area contributed by atoms with Gasteiger partial charge in [-0.2, -0.15) is 5.26 Å². The van der Waals surface area contributed by atoms with Crippen LogP contribution in [0.15, 0.2) is 60.7 Å². The molecule has 0 aromatic heterocycles. The molecule has 0 aliphatic rings. The van der Waals surface area contributed by atoms with E-state index in [9.17, 15) is 4.79 Å². The van der Waals surface area contributed by atoms with Crippen LogP contribution in [0.2, 0.25) is 0 Å². The van der Waals surface area contributed by atoms with Crippen molar-refractivity contribution in [2.24, 2.45) is 0 Å². The van der Waals surface area contributed by atoms with Crippen molar-refractivity contribution in [2.75, 3.05) is 13.7 Å². The highest BCUT2D eigenvalue weighted by Crippen LogP contribution is 2.27. The molecule has 1 N–H and O–H groups in total. The quantitative estimate of drug-likeness (QED) is 0.647. The Morgan fingerprint density at radius 3 is 2.71 bits per heavy atom. The molecule has 0 saturated carbocycles. The highest BCUT2D eigenvalue weighted by molar-refractivity contribution is 5.85. The molecular formula is C23H22N2O3. The van der Waals surface area contributed by atoms with Crippen LogP contribution in [0.25, 0.3) is 10.8 Å². The fraction of sp³-hybridized carbons (Fsp3) is 0.217. The van der Waals surface area contributed by atoms with E-state index in [0.717, 1.165) is 16.9 Å². The van der Waals surface area contributed by atoms with Crippen molar-refractivity contribution < 1.29 is 14.3 Å². The number of amides is 1. The zero-order valence-electron chi connectivity index (χ0n) is 15.8. The van der Waals surface area contributed by atoms with Crippen molar-refractivity contribution in [2.45, 2.75) is 19.4 Å². The number of hydrogen-bond donors (Lipinski definition) is 1. The maximum absolute atomic E-state index is 11.5. The number of benzene rings is 3. The fourth-order valence-corrected chi connectivity index (χ4v) is 3.05. The number of methoxy groups -OCH3 is 1. The van der Waals surface area contributed by atoms with Gasteiger partial charge in [0, 0.05) is 12.6 Å². The standard InChI is InChI=1S/C23H22N2O3/c1-27-20-10-9-18(12-14-25-23(26)11-13-24)22(15-20)28-16-19-7-4-6-17-5-2-3-8-21(17)19/h2-10,15H,11-12,14,16H2,1H3,(H,25,26). The summed E-state index contributed by atoms with van der Waals surface area (Å²) in [6.07, 6.45) is 0.471. The summed E-state index contributed by atoms with van der Waals surface area (Å²) in [5, 5.41) is 13.6. The van der Waals surface area contributed by atoms with Gasteiger partial charge in [-0.1, -0.05) is 48.5 Å². The van der Waals surface area contributed by atoms with E-state index in [1.54, 1.807) is 7.11 Å². The Morgan fingerprint density at radius 2 is 1.89 bits per heavy atom. The molecule has 0 saturated heterocycles. The lowest BCUT2D eigenvalue weighted by Gasteiger charge is -2.14. The first kappa shape index (κ1) is 19.2. The van der Waals surface area contributed by atoms with E-state index in [2.05, 4.69) is 29.6 Å². The Bertz CT molecular complexity index is 1000. The molecular weight excluding hydrogens is 352 g/mol. The zero-order valence-corrected chi connectivity index (χ0v) is 15.8. The first-order valence-corrected chi connectivity index (χ1v) is 9.11. The minimum atomic E-state index is -0.269. The molecule has 0 aliphatic carbocycles. The van der Waals surface area contributed by atoms with Crippen LogP contribution in [0.5, 0.6) is 11.5 Å². The molecule has 0 radical (unpaired) electrons. The summed E-state index contributed by atoms with van der Waals surface area (Å²) in [7, 11) is 1.62. The minimum absolute atomic E-state index is 0.132. The van der Waals surface area contributed by atoms with Gasteiger partial charge in [-0.25, -0.2) is 0 Å². The molecule has 5 heteroatoms. The van der Waals surface area contributed by atoms with E-state index in [0.29, 0.717) is 25.3 Å². The zero-order chi connectivity index (χ0) is 19.8. The molecule has 0 bridgehead atoms. The average Bonchev–Trinajstić information content (AvgIpc) is 2.73. The monoisotopic (exact) mass is 374 g/mol. The van der Waals surface area contributed by atoms with Crippen LogP contribution in [0.1, 0.15) is 17.5 Å². The van der Waals surface area contributed by atoms with Crippen LogP contribution in [0.3, 0.4) is 0 Å². The first-order valence-electron chi connectivity index (χ1n) is 9.11. The molecule has 0 fully saturated rings. The van der Waals surface area contributed by atoms with Gasteiger partial charge in [0.05, 0.1) is 13.2 Å². The normalized spacial score (nSPS) is 10.3. The number of fused-ring (bicyclic) bond motifs is 1. The number of rotatable bonds is 8. The average molecular weight is 374 g/mol. The van der Waals surface area contributed by atoms with Gasteiger partial charge in [0.25, 0.3) is 0 Å². The molecule has 1 amide bonds. The molecule has 0 aliphatic heterocycles. The first-order chi connectivity index (χ1) is 13.7. The maximum atomic E-state index is 11.5. The molecule has 142 valence electrons. The van der Waals surface area contributed by atoms with Crippen LogP contribution in [-0.4, -0.2) is 19.6 Å². The van der Waals surface area contributed by atoms with Gasteiger partial charge in [-0.05, 0) is 34.4 Å². The molecule has 28 heavy (non-hydrogen) atoms. The van der Waals surface area contributed by atoms with Crippen molar-refractivity contribution in [3.8, 4) is 17.6 Å². The van der Waals surface area contributed by atoms with Gasteiger partial charge in [-0.3, -0.25) is 4.79 Å². The van der Waals surface area contributed by atoms with E-state index in [1.165, 1.54) is 10.8 Å². The van der Waals surface area contributed by atoms with Gasteiger partial charge in [0.15, 0.2) is 0 Å². The molecule has 0 spiro atoms. The summed E-state index contributed by atoms with van der Waals surface area (Å²) in [4.78, 5) is 11.5. The molecule has 3 aromatic carbocycles. The van der Waals surface area contributed by atoms with E-state index >= 15 is 0 Å². The third-order valence-electron chi connectivity index (χ3n) is 4.49. The Kier molecular flexibility index (Phi) is 6.48. The van der Waals surface area contributed by atoms with Crippen LogP contribution < -0.4 is 14.8 Å². The van der Waals surface area contributed by atoms with Gasteiger partial charge < -0.3 is 14.8 Å². The number of ether oxygens (including phenoxy) is 2. The summed E-state index contributed by atoms with van der Waals surface area (Å²) < 4.78 is 11.5. The van der Waals surface area contributed by atoms with E-state index in [-0.39, 0.29) is 12.3 Å². The summed E-state index contributed by atoms with van der Waals surface area (Å²) in [6, 6.07) is 21.9. The van der Waals surface area contributed by atoms with Gasteiger partial charge >= 0.3 is 0 Å². The van der Waals surface area contributed by atoms with Gasteiger partial charge in [0.1, 0.15) is 24.5 Å². The Balaban J connectivity index is 1.74. The largest absolute Gasteiger partial charge is 0.497 e. The van der Waals surface area contributed by atoms with Crippen LogP contribution >= 0.6 is 0 Å². The number of nitriles is 1. The van der Waals surface area contributed by atoms with E-state index in [1.807, 2.05) is 42.5 Å². The second-order valence-corrected chi connectivity index (χ2v) is 6.34. The SMILES string of the molecule is COc1ccc(CCNC(=O)CC#N)c(OCc2cccc3ccccc23)c1. The van der Waals surface area contributed by atoms with Crippen molar-refractivity contribution in [3.63, 3.8) is 0 Å². The lowest BCUT2D eigenvalue weighted by Crippen LogP contribution is -2.25. The molecule has 5 nitrogen and oxygen atoms in total. The number of hydrogen-bond acceptors (Lipinski definition) is 4. The third-order valence-corrected chi connectivity index (χ3v) is 4.49. The second-order valence-electron chi connectivity index (χ2n) is 6.34. The van der Waals surface area contributed by atoms with Crippen LogP contribution in [0, 0.1) is 11.3 Å². The lowest BCUT2D eigenvalue weighted by molar-refractivity contribution is -0.120. The smallest absolute Gasteiger partial charge is 0.234 e. The highest BCUT2D eigenvalue weighted by atomic mass is 16.5. The second kappa shape index (κ2) is 9.43. The number of carbonyl (C=O) groups is 1. The van der Waals surface area contributed by atoms with Gasteiger partial charge in [-0.15, -0.1) is 0 Å². The molecule has 0 heterocycles. The van der Waals surface area contributed by atoms with Crippen molar-refractivity contribution >= 4 is 16.7 Å². The molecule has 0 unspecified atom stereocenters. The topological polar surface area (TPSA) is 71.3 Å². The third kappa shape index (κ3) is 4.80. The maximum Gasteiger partial charge on any atom is 0.234 e. The van der Waals surface area contributed by atoms with Crippen LogP contribution in [0.4, 0.5) is 0 Å². The summed E-state index contributed by atoms with van der Waals surface area (Å²) in [5.74, 6) is 1.17. The van der Waals surface area contributed by atoms with Gasteiger partial charge in [0.2, 0.25) is 5.91 Å². The summed E-state index contributed by atoms with van der Waals surface area (Å²) in [5.41, 5.74) is 2.08. The fourth-order valence-electron chi connectivity index (χ4n) is 3.05. The number of nitrogens with one attached hydrogen (secondary N) is 1. The molecule has 0 atom stereocenters. The van der Waals surface area contributed by atoms with E-state index < -0.39 is 0 Å². The Hall–Kier alpha value is -3.52. The summed E-state index contributed by atoms with van der Waals surface area (Å²) in [6.45, 7) is 0.875. The Labute approximate surface area is 164 Å². The highest BCUT2D eigenvalue weighted by Gasteiger charge is 2.09. The van der Waals surface area contributed by atoms with Crippen LogP contribution in [-0.2, 0) is 17.8 Å². The summed E-state index contributed by atoms with van der Waals surface area (Å²) >= 11 is 0. The van der Waals surface area contributed by atoms with E-state index in [4.69, 9.17) is 14.7 Å². The Morgan fingerprint density at radius 1 is 1.07 bits per heavy atom. The van der Waals surface area contributed by atoms with Crippen molar-refractivity contribution in [3.05, 3.63) is 71.8 Å². The predicted octanol–water partition coefficient (Wildman–Crippen LogP) is 4.00. The van der Waals surface area contributed by atoms with Crippen molar-refractivity contribution in [1.82, 2.24) is 5.32 Å². The van der Waals surface area contributed by atoms with Crippen molar-refractivity contribution in [1.29, 1.82) is 5.26 Å². The lowest BCUT2D eigenvalue weighted by atomic mass is 10.1. The predicted molar refractivity (Wildman–Crippen MR) is 108 cm³/mol. The molecule has 3 rings (SSSR count). The number of nitrogens with zero attached hydrogens (tertiary/aromatic N) is 1.